The molecule has 7 nitrogen and oxygen atoms in total. The highest BCUT2D eigenvalue weighted by molar-refractivity contribution is 8.26. The van der Waals surface area contributed by atoms with Crippen molar-refractivity contribution in [1.29, 1.82) is 0 Å². The van der Waals surface area contributed by atoms with E-state index in [0.29, 0.717) is 25.7 Å². The normalized spacial score (nSPS) is 20.5. The van der Waals surface area contributed by atoms with Crippen molar-refractivity contribution in [3.05, 3.63) is 50.7 Å². The predicted octanol–water partition coefficient (Wildman–Crippen LogP) is 6.60. The maximum absolute atomic E-state index is 13.3. The third kappa shape index (κ3) is 6.44. The smallest absolute Gasteiger partial charge is 0.341 e. The van der Waals surface area contributed by atoms with Crippen molar-refractivity contribution in [2.75, 3.05) is 18.5 Å². The number of carbonyl (C=O) groups is 3. The van der Waals surface area contributed by atoms with Gasteiger partial charge in [0.15, 0.2) is 0 Å². The molecule has 1 aromatic heterocycles. The zero-order valence-electron chi connectivity index (χ0n) is 22.8. The molecular formula is C30H34N2O5S3. The number of nitrogens with zero attached hydrogens (tertiary/aromatic N) is 1. The summed E-state index contributed by atoms with van der Waals surface area (Å²) in [7, 11) is 0. The highest BCUT2D eigenvalue weighted by Crippen LogP contribution is 2.40. The Morgan fingerprint density at radius 2 is 1.95 bits per heavy atom. The van der Waals surface area contributed by atoms with Crippen molar-refractivity contribution in [1.82, 2.24) is 4.90 Å². The summed E-state index contributed by atoms with van der Waals surface area (Å²) in [5, 5.41) is 3.37. The number of carbonyl (C=O) groups excluding carboxylic acids is 3. The average molecular weight is 599 g/mol. The van der Waals surface area contributed by atoms with Gasteiger partial charge in [0, 0.05) is 10.4 Å². The number of ether oxygens (including phenoxy) is 2. The number of rotatable bonds is 8. The Labute approximate surface area is 248 Å². The van der Waals surface area contributed by atoms with Gasteiger partial charge >= 0.3 is 5.97 Å². The molecule has 0 spiro atoms. The van der Waals surface area contributed by atoms with Crippen LogP contribution in [-0.2, 0) is 27.2 Å². The molecule has 2 amide bonds. The van der Waals surface area contributed by atoms with Gasteiger partial charge in [0.25, 0.3) is 5.91 Å². The Morgan fingerprint density at radius 1 is 1.18 bits per heavy atom. The number of para-hydroxylation sites is 1. The second-order valence-corrected chi connectivity index (χ2v) is 13.3. The first-order valence-electron chi connectivity index (χ1n) is 14.0. The van der Waals surface area contributed by atoms with Crippen LogP contribution in [0.4, 0.5) is 5.00 Å². The summed E-state index contributed by atoms with van der Waals surface area (Å²) in [6.45, 7) is 3.98. The third-order valence-electron chi connectivity index (χ3n) is 7.47. The molecule has 1 N–H and O–H groups in total. The van der Waals surface area contributed by atoms with E-state index in [1.165, 1.54) is 47.3 Å². The monoisotopic (exact) mass is 598 g/mol. The molecule has 1 atom stereocenters. The Kier molecular flexibility index (Phi) is 9.27. The molecule has 1 saturated heterocycles. The number of benzene rings is 1. The van der Waals surface area contributed by atoms with E-state index < -0.39 is 11.9 Å². The fraction of sp³-hybridized carbons (Fsp3) is 0.467. The lowest BCUT2D eigenvalue weighted by Gasteiger charge is -2.23. The van der Waals surface area contributed by atoms with E-state index in [-0.39, 0.29) is 25.2 Å². The second kappa shape index (κ2) is 12.9. The van der Waals surface area contributed by atoms with Crippen molar-refractivity contribution in [3.8, 4) is 5.75 Å². The Hall–Kier alpha value is -2.69. The summed E-state index contributed by atoms with van der Waals surface area (Å²) < 4.78 is 11.9. The molecule has 3 aliphatic rings. The van der Waals surface area contributed by atoms with Gasteiger partial charge in [-0.2, -0.15) is 0 Å². The lowest BCUT2D eigenvalue weighted by molar-refractivity contribution is -0.126. The van der Waals surface area contributed by atoms with Crippen molar-refractivity contribution >= 4 is 68.5 Å². The van der Waals surface area contributed by atoms with E-state index in [2.05, 4.69) is 12.2 Å². The molecule has 2 aromatic rings. The van der Waals surface area contributed by atoms with Crippen LogP contribution in [0.25, 0.3) is 6.08 Å². The summed E-state index contributed by atoms with van der Waals surface area (Å²) in [6.07, 6.45) is 10.3. The number of anilines is 1. The topological polar surface area (TPSA) is 84.9 Å². The third-order valence-corrected chi connectivity index (χ3v) is 10.0. The van der Waals surface area contributed by atoms with Crippen LogP contribution in [-0.4, -0.2) is 46.3 Å². The van der Waals surface area contributed by atoms with Crippen molar-refractivity contribution < 1.29 is 23.9 Å². The molecule has 1 aromatic carbocycles. The first kappa shape index (κ1) is 28.8. The Bertz CT molecular complexity index is 1340. The van der Waals surface area contributed by atoms with Gasteiger partial charge in [-0.15, -0.1) is 11.3 Å². The molecule has 2 fully saturated rings. The number of hydrogen-bond acceptors (Lipinski definition) is 8. The lowest BCUT2D eigenvalue weighted by atomic mass is 9.88. The number of fused-ring (bicyclic) bond motifs is 1. The van der Waals surface area contributed by atoms with Crippen LogP contribution >= 0.6 is 35.3 Å². The Balaban J connectivity index is 1.30. The van der Waals surface area contributed by atoms with E-state index in [4.69, 9.17) is 21.7 Å². The fourth-order valence-corrected chi connectivity index (χ4v) is 8.08. The number of hydrogen-bond donors (Lipinski definition) is 1. The molecular weight excluding hydrogens is 565 g/mol. The van der Waals surface area contributed by atoms with Crippen LogP contribution < -0.4 is 10.1 Å². The predicted molar refractivity (Wildman–Crippen MR) is 164 cm³/mol. The van der Waals surface area contributed by atoms with E-state index in [1.807, 2.05) is 24.3 Å². The number of amides is 2. The minimum absolute atomic E-state index is 0.187. The van der Waals surface area contributed by atoms with Crippen molar-refractivity contribution in [2.45, 2.75) is 71.3 Å². The maximum Gasteiger partial charge on any atom is 0.341 e. The highest BCUT2D eigenvalue weighted by Gasteiger charge is 2.35. The molecule has 5 rings (SSSR count). The minimum atomic E-state index is -0.424. The molecule has 40 heavy (non-hydrogen) atoms. The van der Waals surface area contributed by atoms with Gasteiger partial charge in [-0.3, -0.25) is 14.5 Å². The zero-order valence-corrected chi connectivity index (χ0v) is 25.3. The quantitative estimate of drug-likeness (QED) is 0.208. The van der Waals surface area contributed by atoms with Crippen LogP contribution in [0.1, 0.15) is 78.7 Å². The number of thiocarbonyl (C=S) groups is 1. The molecule has 0 bridgehead atoms. The van der Waals surface area contributed by atoms with Gasteiger partial charge in [-0.25, -0.2) is 4.79 Å². The fourth-order valence-electron chi connectivity index (χ4n) is 5.41. The van der Waals surface area contributed by atoms with E-state index in [0.717, 1.165) is 53.9 Å². The molecule has 2 heterocycles. The molecule has 10 heteroatoms. The molecule has 1 aliphatic heterocycles. The highest BCUT2D eigenvalue weighted by atomic mass is 32.2. The van der Waals surface area contributed by atoms with Gasteiger partial charge in [0.1, 0.15) is 21.6 Å². The first-order chi connectivity index (χ1) is 19.3. The zero-order chi connectivity index (χ0) is 28.2. The first-order valence-corrected chi connectivity index (χ1v) is 16.0. The molecule has 0 radical (unpaired) electrons. The summed E-state index contributed by atoms with van der Waals surface area (Å²) in [4.78, 5) is 42.2. The summed E-state index contributed by atoms with van der Waals surface area (Å²) in [6, 6.07) is 7.69. The number of esters is 1. The summed E-state index contributed by atoms with van der Waals surface area (Å²) >= 11 is 8.09. The molecule has 2 aliphatic carbocycles. The van der Waals surface area contributed by atoms with Crippen LogP contribution in [0.5, 0.6) is 5.75 Å². The van der Waals surface area contributed by atoms with Gasteiger partial charge in [0.05, 0.1) is 23.2 Å². The van der Waals surface area contributed by atoms with Crippen LogP contribution in [0.3, 0.4) is 0 Å². The minimum Gasteiger partial charge on any atom is -0.490 e. The second-order valence-electron chi connectivity index (χ2n) is 10.5. The summed E-state index contributed by atoms with van der Waals surface area (Å²) in [5.74, 6) is 0.121. The summed E-state index contributed by atoms with van der Waals surface area (Å²) in [5.41, 5.74) is 2.23. The maximum atomic E-state index is 13.3. The van der Waals surface area contributed by atoms with E-state index in [1.54, 1.807) is 13.0 Å². The average Bonchev–Trinajstić information content (AvgIpc) is 3.41. The largest absolute Gasteiger partial charge is 0.490 e. The Morgan fingerprint density at radius 3 is 2.73 bits per heavy atom. The van der Waals surface area contributed by atoms with Crippen LogP contribution in [0.2, 0.25) is 0 Å². The van der Waals surface area contributed by atoms with Crippen LogP contribution in [0.15, 0.2) is 29.2 Å². The van der Waals surface area contributed by atoms with Crippen molar-refractivity contribution in [3.63, 3.8) is 0 Å². The van der Waals surface area contributed by atoms with Crippen LogP contribution in [0, 0.1) is 5.92 Å². The number of nitrogens with one attached hydrogen (secondary N) is 1. The van der Waals surface area contributed by atoms with E-state index in [9.17, 15) is 14.4 Å². The SMILES string of the molecule is CCOC(=O)c1c(NC(=O)CN2C(=O)/C(=C/c3ccccc3OC3CCCCC3)SC2=S)sc2c1CCC(C)C2. The van der Waals surface area contributed by atoms with E-state index >= 15 is 0 Å². The standard InChI is InChI=1S/C30H34N2O5S3/c1-3-36-29(35)26-21-14-13-18(2)15-23(21)39-27(26)31-25(33)17-32-28(34)24(40-30(32)38)16-19-9-7-8-12-22(19)37-20-10-5-4-6-11-20/h7-9,12,16,18,20H,3-6,10-11,13-15,17H2,1-2H3,(H,31,33)/b24-16-. The van der Waals surface area contributed by atoms with Gasteiger partial charge in [-0.1, -0.05) is 55.5 Å². The van der Waals surface area contributed by atoms with Crippen molar-refractivity contribution in [2.24, 2.45) is 5.92 Å². The molecule has 212 valence electrons. The number of thioether (sulfide) groups is 1. The lowest BCUT2D eigenvalue weighted by Crippen LogP contribution is -2.36. The molecule has 1 unspecified atom stereocenters. The van der Waals surface area contributed by atoms with Gasteiger partial charge < -0.3 is 14.8 Å². The number of thiophene rings is 1. The van der Waals surface area contributed by atoms with Gasteiger partial charge in [-0.05, 0) is 75.5 Å². The van der Waals surface area contributed by atoms with Gasteiger partial charge in [0.2, 0.25) is 5.91 Å². The molecule has 1 saturated carbocycles.